The summed E-state index contributed by atoms with van der Waals surface area (Å²) in [5, 5.41) is 2.77. The molecule has 0 aliphatic carbocycles. The van der Waals surface area contributed by atoms with E-state index >= 15 is 0 Å². The summed E-state index contributed by atoms with van der Waals surface area (Å²) in [5.74, 6) is -1.14. The highest BCUT2D eigenvalue weighted by Gasteiger charge is 2.29. The van der Waals surface area contributed by atoms with Gasteiger partial charge in [-0.1, -0.05) is 51.0 Å². The van der Waals surface area contributed by atoms with Crippen molar-refractivity contribution in [2.24, 2.45) is 5.92 Å². The van der Waals surface area contributed by atoms with E-state index in [1.807, 2.05) is 44.2 Å². The molecule has 0 aliphatic rings. The molecule has 0 fully saturated rings. The Labute approximate surface area is 171 Å². The molecule has 0 saturated carbocycles. The van der Waals surface area contributed by atoms with E-state index in [1.54, 1.807) is 31.3 Å². The molecule has 154 valence electrons. The first-order chi connectivity index (χ1) is 13.9. The molecule has 6 heteroatoms. The second-order valence-corrected chi connectivity index (χ2v) is 6.83. The summed E-state index contributed by atoms with van der Waals surface area (Å²) in [4.78, 5) is 39.3. The van der Waals surface area contributed by atoms with E-state index in [4.69, 9.17) is 4.74 Å². The lowest BCUT2D eigenvalue weighted by Crippen LogP contribution is -2.46. The second kappa shape index (κ2) is 10.4. The number of methoxy groups -OCH3 is 1. The third-order valence-electron chi connectivity index (χ3n) is 5.08. The van der Waals surface area contributed by atoms with E-state index < -0.39 is 17.9 Å². The Morgan fingerprint density at radius 3 is 2.17 bits per heavy atom. The van der Waals surface area contributed by atoms with E-state index in [0.717, 1.165) is 18.5 Å². The zero-order chi connectivity index (χ0) is 21.4. The smallest absolute Gasteiger partial charge is 0.328 e. The van der Waals surface area contributed by atoms with Gasteiger partial charge >= 0.3 is 5.97 Å². The van der Waals surface area contributed by atoms with Gasteiger partial charge in [0.25, 0.3) is 11.8 Å². The summed E-state index contributed by atoms with van der Waals surface area (Å²) < 4.78 is 4.86. The molecule has 0 aromatic heterocycles. The van der Waals surface area contributed by atoms with Gasteiger partial charge in [0, 0.05) is 23.9 Å². The van der Waals surface area contributed by atoms with Gasteiger partial charge in [0.1, 0.15) is 6.04 Å². The van der Waals surface area contributed by atoms with Crippen molar-refractivity contribution in [1.29, 1.82) is 0 Å². The predicted octanol–water partition coefficient (Wildman–Crippen LogP) is 3.67. The van der Waals surface area contributed by atoms with Crippen LogP contribution in [0.15, 0.2) is 54.6 Å². The highest BCUT2D eigenvalue weighted by Crippen LogP contribution is 2.18. The molecule has 1 N–H and O–H groups in total. The first-order valence-electron chi connectivity index (χ1n) is 9.74. The lowest BCUT2D eigenvalue weighted by atomic mass is 9.93. The lowest BCUT2D eigenvalue weighted by molar-refractivity contribution is -0.144. The van der Waals surface area contributed by atoms with Crippen molar-refractivity contribution < 1.29 is 19.1 Å². The molecule has 0 heterocycles. The predicted molar refractivity (Wildman–Crippen MR) is 113 cm³/mol. The highest BCUT2D eigenvalue weighted by atomic mass is 16.5. The number of benzene rings is 2. The standard InChI is InChI=1S/C23H28N2O4/c1-5-16(6-2)20(23(28)29-4)24-21(26)17-11-10-12-18(15-17)22(27)25(3)19-13-8-7-9-14-19/h7-16,20H,5-6H2,1-4H3,(H,24,26)/t20-/m0/s1. The first-order valence-corrected chi connectivity index (χ1v) is 9.74. The van der Waals surface area contributed by atoms with Gasteiger partial charge in [0.2, 0.25) is 0 Å². The van der Waals surface area contributed by atoms with Gasteiger partial charge in [-0.2, -0.15) is 0 Å². The van der Waals surface area contributed by atoms with E-state index in [0.29, 0.717) is 11.1 Å². The Hall–Kier alpha value is -3.15. The molecule has 29 heavy (non-hydrogen) atoms. The number of amides is 2. The van der Waals surface area contributed by atoms with Crippen molar-refractivity contribution in [2.75, 3.05) is 19.1 Å². The number of hydrogen-bond acceptors (Lipinski definition) is 4. The summed E-state index contributed by atoms with van der Waals surface area (Å²) in [5.41, 5.74) is 1.46. The SMILES string of the molecule is CCC(CC)[C@H](NC(=O)c1cccc(C(=O)N(C)c2ccccc2)c1)C(=O)OC. The first kappa shape index (κ1) is 22.1. The van der Waals surface area contributed by atoms with E-state index in [2.05, 4.69) is 5.32 Å². The van der Waals surface area contributed by atoms with Crippen LogP contribution >= 0.6 is 0 Å². The summed E-state index contributed by atoms with van der Waals surface area (Å²) in [6.07, 6.45) is 1.47. The Kier molecular flexibility index (Phi) is 7.95. The topological polar surface area (TPSA) is 75.7 Å². The molecular formula is C23H28N2O4. The number of carbonyl (C=O) groups excluding carboxylic acids is 3. The van der Waals surface area contributed by atoms with Gasteiger partial charge in [-0.15, -0.1) is 0 Å². The van der Waals surface area contributed by atoms with Crippen molar-refractivity contribution >= 4 is 23.5 Å². The van der Waals surface area contributed by atoms with Gasteiger partial charge in [-0.3, -0.25) is 9.59 Å². The summed E-state index contributed by atoms with van der Waals surface area (Å²) in [6.45, 7) is 3.93. The highest BCUT2D eigenvalue weighted by molar-refractivity contribution is 6.07. The largest absolute Gasteiger partial charge is 0.467 e. The molecule has 0 spiro atoms. The van der Waals surface area contributed by atoms with Crippen LogP contribution in [0.1, 0.15) is 47.4 Å². The lowest BCUT2D eigenvalue weighted by Gasteiger charge is -2.24. The van der Waals surface area contributed by atoms with Crippen molar-refractivity contribution in [1.82, 2.24) is 5.32 Å². The Morgan fingerprint density at radius 2 is 1.59 bits per heavy atom. The summed E-state index contributed by atoms with van der Waals surface area (Å²) >= 11 is 0. The van der Waals surface area contributed by atoms with Gasteiger partial charge < -0.3 is 15.0 Å². The molecule has 2 aromatic carbocycles. The molecular weight excluding hydrogens is 368 g/mol. The van der Waals surface area contributed by atoms with Crippen molar-refractivity contribution in [3.05, 3.63) is 65.7 Å². The summed E-state index contributed by atoms with van der Waals surface area (Å²) in [7, 11) is 2.99. The van der Waals surface area contributed by atoms with Crippen LogP contribution in [0.3, 0.4) is 0 Å². The molecule has 0 saturated heterocycles. The quantitative estimate of drug-likeness (QED) is 0.691. The van der Waals surface area contributed by atoms with Gasteiger partial charge in [-0.25, -0.2) is 4.79 Å². The number of esters is 1. The van der Waals surface area contributed by atoms with Crippen LogP contribution in [0.4, 0.5) is 5.69 Å². The minimum atomic E-state index is -0.728. The van der Waals surface area contributed by atoms with Crippen LogP contribution in [-0.2, 0) is 9.53 Å². The maximum absolute atomic E-state index is 12.8. The van der Waals surface area contributed by atoms with Crippen LogP contribution in [0.5, 0.6) is 0 Å². The van der Waals surface area contributed by atoms with Crippen LogP contribution < -0.4 is 10.2 Å². The second-order valence-electron chi connectivity index (χ2n) is 6.83. The number of rotatable bonds is 8. The molecule has 2 amide bonds. The van der Waals surface area contributed by atoms with Crippen molar-refractivity contribution in [3.8, 4) is 0 Å². The number of nitrogens with zero attached hydrogens (tertiary/aromatic N) is 1. The molecule has 0 unspecified atom stereocenters. The molecule has 1 atom stereocenters. The van der Waals surface area contributed by atoms with Crippen LogP contribution in [0, 0.1) is 5.92 Å². The zero-order valence-corrected chi connectivity index (χ0v) is 17.3. The molecule has 2 rings (SSSR count). The average molecular weight is 396 g/mol. The third kappa shape index (κ3) is 5.44. The monoisotopic (exact) mass is 396 g/mol. The minimum Gasteiger partial charge on any atom is -0.467 e. The molecule has 0 bridgehead atoms. The Morgan fingerprint density at radius 1 is 0.966 bits per heavy atom. The zero-order valence-electron chi connectivity index (χ0n) is 17.3. The van der Waals surface area contributed by atoms with Crippen LogP contribution in [0.25, 0.3) is 0 Å². The fourth-order valence-electron chi connectivity index (χ4n) is 3.24. The Bertz CT molecular complexity index is 847. The number of hydrogen-bond donors (Lipinski definition) is 1. The van der Waals surface area contributed by atoms with Crippen LogP contribution in [0.2, 0.25) is 0 Å². The molecule has 6 nitrogen and oxygen atoms in total. The van der Waals surface area contributed by atoms with Gasteiger partial charge in [-0.05, 0) is 36.2 Å². The van der Waals surface area contributed by atoms with Crippen molar-refractivity contribution in [3.63, 3.8) is 0 Å². The third-order valence-corrected chi connectivity index (χ3v) is 5.08. The minimum absolute atomic E-state index is 0.0274. The number of carbonyl (C=O) groups is 3. The van der Waals surface area contributed by atoms with Gasteiger partial charge in [0.05, 0.1) is 7.11 Å². The number of nitrogens with one attached hydrogen (secondary N) is 1. The van der Waals surface area contributed by atoms with Crippen molar-refractivity contribution in [2.45, 2.75) is 32.7 Å². The van der Waals surface area contributed by atoms with E-state index in [9.17, 15) is 14.4 Å². The van der Waals surface area contributed by atoms with E-state index in [-0.39, 0.29) is 11.8 Å². The normalized spacial score (nSPS) is 11.6. The van der Waals surface area contributed by atoms with E-state index in [1.165, 1.54) is 12.0 Å². The molecule has 2 aromatic rings. The molecule has 0 aliphatic heterocycles. The molecule has 0 radical (unpaired) electrons. The maximum atomic E-state index is 12.8. The number of para-hydroxylation sites is 1. The average Bonchev–Trinajstić information content (AvgIpc) is 2.78. The Balaban J connectivity index is 2.22. The van der Waals surface area contributed by atoms with Crippen LogP contribution in [-0.4, -0.2) is 38.0 Å². The fraction of sp³-hybridized carbons (Fsp3) is 0.348. The number of anilines is 1. The summed E-state index contributed by atoms with van der Waals surface area (Å²) in [6, 6.07) is 15.0. The fourth-order valence-corrected chi connectivity index (χ4v) is 3.24. The van der Waals surface area contributed by atoms with Gasteiger partial charge in [0.15, 0.2) is 0 Å². The maximum Gasteiger partial charge on any atom is 0.328 e. The number of ether oxygens (including phenoxy) is 1.